The third-order valence-corrected chi connectivity index (χ3v) is 2.48. The van der Waals surface area contributed by atoms with Gasteiger partial charge in [0.1, 0.15) is 5.76 Å². The summed E-state index contributed by atoms with van der Waals surface area (Å²) >= 11 is 0. The molecule has 4 heteroatoms. The second kappa shape index (κ2) is 12.2. The van der Waals surface area contributed by atoms with Gasteiger partial charge < -0.3 is 14.9 Å². The van der Waals surface area contributed by atoms with E-state index in [0.29, 0.717) is 6.61 Å². The molecule has 0 aliphatic carbocycles. The number of allylic oxidation sites excluding steroid dienone is 2. The Morgan fingerprint density at radius 1 is 1.17 bits per heavy atom. The monoisotopic (exact) mass is 256 g/mol. The Kier molecular flexibility index (Phi) is 11.3. The largest absolute Gasteiger partial charge is 0.494 e. The standard InChI is InChI=1S/C14H24O4/c1-2-13(9-8-11-15)18-12-7-5-3-4-6-10-14(16)17/h2,8-9,15H,3-7,10-12H2,1H3,(H,16,17)/b9-8-,13-2+. The highest BCUT2D eigenvalue weighted by Crippen LogP contribution is 2.07. The van der Waals surface area contributed by atoms with Crippen LogP contribution in [0.2, 0.25) is 0 Å². The molecule has 0 aromatic heterocycles. The van der Waals surface area contributed by atoms with Crippen molar-refractivity contribution in [2.75, 3.05) is 13.2 Å². The first kappa shape index (κ1) is 16.7. The highest BCUT2D eigenvalue weighted by Gasteiger charge is 1.97. The molecule has 0 aliphatic heterocycles. The van der Waals surface area contributed by atoms with E-state index < -0.39 is 5.97 Å². The summed E-state index contributed by atoms with van der Waals surface area (Å²) in [6.07, 6.45) is 10.3. The smallest absolute Gasteiger partial charge is 0.303 e. The number of carbonyl (C=O) groups is 1. The molecular weight excluding hydrogens is 232 g/mol. The molecule has 0 aromatic rings. The predicted octanol–water partition coefficient (Wildman–Crippen LogP) is 2.88. The van der Waals surface area contributed by atoms with Crippen molar-refractivity contribution in [3.8, 4) is 0 Å². The lowest BCUT2D eigenvalue weighted by Gasteiger charge is -2.06. The van der Waals surface area contributed by atoms with E-state index in [-0.39, 0.29) is 13.0 Å². The zero-order valence-corrected chi connectivity index (χ0v) is 11.1. The first-order valence-electron chi connectivity index (χ1n) is 6.49. The number of aliphatic carboxylic acids is 1. The highest BCUT2D eigenvalue weighted by atomic mass is 16.5. The minimum Gasteiger partial charge on any atom is -0.494 e. The van der Waals surface area contributed by atoms with E-state index in [9.17, 15) is 4.79 Å². The fourth-order valence-corrected chi connectivity index (χ4v) is 1.50. The molecule has 0 rings (SSSR count). The maximum Gasteiger partial charge on any atom is 0.303 e. The molecule has 0 saturated heterocycles. The van der Waals surface area contributed by atoms with E-state index in [0.717, 1.165) is 37.9 Å². The average Bonchev–Trinajstić information content (AvgIpc) is 2.35. The summed E-state index contributed by atoms with van der Waals surface area (Å²) in [5, 5.41) is 17.1. The van der Waals surface area contributed by atoms with Gasteiger partial charge in [-0.1, -0.05) is 25.3 Å². The molecule has 18 heavy (non-hydrogen) atoms. The topological polar surface area (TPSA) is 66.8 Å². The molecule has 0 heterocycles. The Bertz CT molecular complexity index is 269. The lowest BCUT2D eigenvalue weighted by molar-refractivity contribution is -0.137. The fraction of sp³-hybridized carbons (Fsp3) is 0.643. The van der Waals surface area contributed by atoms with Crippen LogP contribution in [-0.4, -0.2) is 29.4 Å². The Balaban J connectivity index is 3.39. The van der Waals surface area contributed by atoms with E-state index in [4.69, 9.17) is 14.9 Å². The summed E-state index contributed by atoms with van der Waals surface area (Å²) in [7, 11) is 0. The maximum absolute atomic E-state index is 10.3. The Morgan fingerprint density at radius 3 is 2.44 bits per heavy atom. The van der Waals surface area contributed by atoms with Gasteiger partial charge in [0.05, 0.1) is 13.2 Å². The summed E-state index contributed by atoms with van der Waals surface area (Å²) in [5.41, 5.74) is 0. The summed E-state index contributed by atoms with van der Waals surface area (Å²) in [6.45, 7) is 2.57. The number of hydrogen-bond donors (Lipinski definition) is 2. The zero-order chi connectivity index (χ0) is 13.6. The van der Waals surface area contributed by atoms with Crippen LogP contribution in [0, 0.1) is 0 Å². The van der Waals surface area contributed by atoms with Crippen molar-refractivity contribution in [2.45, 2.75) is 45.4 Å². The van der Waals surface area contributed by atoms with Crippen LogP contribution in [0.4, 0.5) is 0 Å². The van der Waals surface area contributed by atoms with Gasteiger partial charge in [-0.15, -0.1) is 0 Å². The van der Waals surface area contributed by atoms with Crippen LogP contribution in [0.25, 0.3) is 0 Å². The summed E-state index contributed by atoms with van der Waals surface area (Å²) in [6, 6.07) is 0. The molecule has 104 valence electrons. The lowest BCUT2D eigenvalue weighted by Crippen LogP contribution is -1.95. The first-order chi connectivity index (χ1) is 8.70. The molecule has 0 amide bonds. The van der Waals surface area contributed by atoms with Gasteiger partial charge in [0, 0.05) is 6.42 Å². The van der Waals surface area contributed by atoms with Crippen LogP contribution < -0.4 is 0 Å². The molecular formula is C14H24O4. The number of hydrogen-bond acceptors (Lipinski definition) is 3. The average molecular weight is 256 g/mol. The Hall–Kier alpha value is -1.29. The van der Waals surface area contributed by atoms with Crippen LogP contribution in [0.1, 0.15) is 45.4 Å². The van der Waals surface area contributed by atoms with Crippen molar-refractivity contribution < 1.29 is 19.7 Å². The summed E-state index contributed by atoms with van der Waals surface area (Å²) < 4.78 is 5.51. The van der Waals surface area contributed by atoms with E-state index in [1.54, 1.807) is 12.2 Å². The molecule has 2 N–H and O–H groups in total. The van der Waals surface area contributed by atoms with Crippen molar-refractivity contribution in [1.82, 2.24) is 0 Å². The molecule has 0 spiro atoms. The number of rotatable bonds is 11. The number of aliphatic hydroxyl groups excluding tert-OH is 1. The predicted molar refractivity (Wildman–Crippen MR) is 71.3 cm³/mol. The minimum absolute atomic E-state index is 0.0181. The molecule has 0 atom stereocenters. The van der Waals surface area contributed by atoms with Crippen molar-refractivity contribution in [2.24, 2.45) is 0 Å². The van der Waals surface area contributed by atoms with Gasteiger partial charge in [-0.25, -0.2) is 0 Å². The quantitative estimate of drug-likeness (QED) is 0.339. The van der Waals surface area contributed by atoms with Gasteiger partial charge in [-0.05, 0) is 31.9 Å². The van der Waals surface area contributed by atoms with Crippen LogP contribution in [-0.2, 0) is 9.53 Å². The van der Waals surface area contributed by atoms with Gasteiger partial charge in [0.2, 0.25) is 0 Å². The van der Waals surface area contributed by atoms with E-state index in [2.05, 4.69) is 0 Å². The van der Waals surface area contributed by atoms with Gasteiger partial charge in [0.25, 0.3) is 0 Å². The Morgan fingerprint density at radius 2 is 1.83 bits per heavy atom. The van der Waals surface area contributed by atoms with E-state index >= 15 is 0 Å². The van der Waals surface area contributed by atoms with Crippen LogP contribution >= 0.6 is 0 Å². The summed E-state index contributed by atoms with van der Waals surface area (Å²) in [4.78, 5) is 10.3. The number of carboxylic acids is 1. The number of unbranched alkanes of at least 4 members (excludes halogenated alkanes) is 4. The van der Waals surface area contributed by atoms with Gasteiger partial charge in [0.15, 0.2) is 0 Å². The van der Waals surface area contributed by atoms with Gasteiger partial charge in [-0.3, -0.25) is 4.79 Å². The van der Waals surface area contributed by atoms with Crippen LogP contribution in [0.15, 0.2) is 24.0 Å². The molecule has 4 nitrogen and oxygen atoms in total. The third-order valence-electron chi connectivity index (χ3n) is 2.48. The molecule has 0 bridgehead atoms. The van der Waals surface area contributed by atoms with E-state index in [1.165, 1.54) is 0 Å². The van der Waals surface area contributed by atoms with Crippen molar-refractivity contribution >= 4 is 5.97 Å². The first-order valence-corrected chi connectivity index (χ1v) is 6.49. The van der Waals surface area contributed by atoms with Gasteiger partial charge >= 0.3 is 5.97 Å². The molecule has 0 saturated carbocycles. The molecule has 0 aliphatic rings. The Labute approximate surface area is 109 Å². The number of aliphatic hydroxyl groups is 1. The van der Waals surface area contributed by atoms with Gasteiger partial charge in [-0.2, -0.15) is 0 Å². The maximum atomic E-state index is 10.3. The minimum atomic E-state index is -0.716. The SMILES string of the molecule is C/C=C(\C=C/CO)OCCCCCCCC(=O)O. The normalized spacial score (nSPS) is 12.0. The fourth-order valence-electron chi connectivity index (χ4n) is 1.50. The molecule has 0 radical (unpaired) electrons. The van der Waals surface area contributed by atoms with Crippen molar-refractivity contribution in [3.05, 3.63) is 24.0 Å². The van der Waals surface area contributed by atoms with Crippen molar-refractivity contribution in [1.29, 1.82) is 0 Å². The van der Waals surface area contributed by atoms with Crippen molar-refractivity contribution in [3.63, 3.8) is 0 Å². The van der Waals surface area contributed by atoms with E-state index in [1.807, 2.05) is 13.0 Å². The molecule has 0 unspecified atom stereocenters. The number of carboxylic acid groups (broad SMARTS) is 1. The van der Waals surface area contributed by atoms with Crippen LogP contribution in [0.3, 0.4) is 0 Å². The third kappa shape index (κ3) is 11.2. The number of ether oxygens (including phenoxy) is 1. The lowest BCUT2D eigenvalue weighted by atomic mass is 10.1. The molecule has 0 fully saturated rings. The second-order valence-electron chi connectivity index (χ2n) is 4.04. The second-order valence-corrected chi connectivity index (χ2v) is 4.04. The zero-order valence-electron chi connectivity index (χ0n) is 11.1. The summed E-state index contributed by atoms with van der Waals surface area (Å²) in [5.74, 6) is 0.0571. The highest BCUT2D eigenvalue weighted by molar-refractivity contribution is 5.66. The molecule has 0 aromatic carbocycles. The van der Waals surface area contributed by atoms with Crippen LogP contribution in [0.5, 0.6) is 0 Å².